The average Bonchev–Trinajstić information content (AvgIpc) is 3.39. The third-order valence-corrected chi connectivity index (χ3v) is 15.9. The zero-order valence-corrected chi connectivity index (χ0v) is 33.5. The third-order valence-electron chi connectivity index (χ3n) is 13.5. The molecule has 2 aromatic carbocycles. The van der Waals surface area contributed by atoms with Gasteiger partial charge in [-0.2, -0.15) is 0 Å². The first kappa shape index (κ1) is 38.5. The normalized spacial score (nSPS) is 32.8. The van der Waals surface area contributed by atoms with E-state index in [0.717, 1.165) is 94.3 Å². The number of aryl methyl sites for hydroxylation is 1. The van der Waals surface area contributed by atoms with Crippen LogP contribution in [-0.4, -0.2) is 103 Å². The topological polar surface area (TPSA) is 91.4 Å². The molecule has 7 rings (SSSR count). The number of hydrogen-bond acceptors (Lipinski definition) is 7. The number of rotatable bonds is 5. The molecule has 2 bridgehead atoms. The number of nitrogens with one attached hydrogen (secondary N) is 1. The number of fused-ring (bicyclic) bond motifs is 4. The molecule has 2 amide bonds. The Balaban J connectivity index is 1.22. The molecule has 5 aliphatic rings. The number of halogens is 1. The van der Waals surface area contributed by atoms with Crippen molar-refractivity contribution < 1.29 is 23.3 Å². The summed E-state index contributed by atoms with van der Waals surface area (Å²) in [6, 6.07) is 12.0. The summed E-state index contributed by atoms with van der Waals surface area (Å²) in [6.45, 7) is 10.9. The summed E-state index contributed by atoms with van der Waals surface area (Å²) < 4.78 is 28.9. The van der Waals surface area contributed by atoms with Gasteiger partial charge in [-0.1, -0.05) is 31.0 Å². The van der Waals surface area contributed by atoms with E-state index in [9.17, 15) is 13.8 Å². The van der Waals surface area contributed by atoms with Gasteiger partial charge >= 0.3 is 0 Å². The van der Waals surface area contributed by atoms with Crippen molar-refractivity contribution in [1.29, 1.82) is 0 Å². The second-order valence-corrected chi connectivity index (χ2v) is 19.6. The van der Waals surface area contributed by atoms with Crippen LogP contribution in [0.25, 0.3) is 0 Å². The van der Waals surface area contributed by atoms with Crippen LogP contribution in [0.4, 0.5) is 5.69 Å². The standard InChI is InChI=1S/C42H59ClN4O5S/c1-29-7-5-8-33(25-45-18-16-40(48)46(20-19-45)21-22-51-3)36-13-10-34(36)26-47-27-42(17-6-9-31-23-35(43)12-14-37(31)42)28-52-39-15-11-32(24-38(39)47)41(49)44-53(4,50)30(29)2/h11-12,14-15,23-24,29-30,33-34,36H,4-10,13,16-22,25-28H2,1-3H3,(H,44,49,50)/t29-,30+,33+,34-,36-,42-,53?/m0/s1. The summed E-state index contributed by atoms with van der Waals surface area (Å²) in [6.07, 6.45) is 9.05. The molecule has 290 valence electrons. The highest BCUT2D eigenvalue weighted by atomic mass is 35.5. The number of methoxy groups -OCH3 is 1. The summed E-state index contributed by atoms with van der Waals surface area (Å²) in [7, 11) is -1.22. The Hall–Kier alpha value is -2.79. The first-order valence-electron chi connectivity index (χ1n) is 19.9. The molecule has 7 atom stereocenters. The SMILES string of the molecule is C=S1(=O)NC(=O)c2ccc3c(c2)N(C[C@@H]2CC[C@H]2[C@@H](CN2CCC(=O)N(CCOC)CC2)CCC[C@H](C)[C@H]1C)C[C@@]1(CCCc2cc(Cl)ccc21)CO3. The monoisotopic (exact) mass is 766 g/mol. The van der Waals surface area contributed by atoms with Crippen LogP contribution in [0.3, 0.4) is 0 Å². The quantitative estimate of drug-likeness (QED) is 0.363. The van der Waals surface area contributed by atoms with E-state index in [1.54, 1.807) is 13.2 Å². The van der Waals surface area contributed by atoms with Gasteiger partial charge < -0.3 is 24.2 Å². The highest BCUT2D eigenvalue weighted by Crippen LogP contribution is 2.48. The van der Waals surface area contributed by atoms with Crippen molar-refractivity contribution in [2.75, 3.05) is 71.0 Å². The predicted octanol–water partition coefficient (Wildman–Crippen LogP) is 6.21. The Morgan fingerprint density at radius 2 is 1.89 bits per heavy atom. The molecule has 1 N–H and O–H groups in total. The van der Waals surface area contributed by atoms with Crippen molar-refractivity contribution in [3.8, 4) is 5.75 Å². The van der Waals surface area contributed by atoms with E-state index in [4.69, 9.17) is 21.1 Å². The number of carbonyl (C=O) groups excluding carboxylic acids is 2. The minimum Gasteiger partial charge on any atom is -0.490 e. The Morgan fingerprint density at radius 1 is 1.04 bits per heavy atom. The van der Waals surface area contributed by atoms with Crippen LogP contribution < -0.4 is 14.4 Å². The lowest BCUT2D eigenvalue weighted by molar-refractivity contribution is -0.131. The molecule has 0 radical (unpaired) electrons. The van der Waals surface area contributed by atoms with E-state index in [1.807, 2.05) is 30.0 Å². The molecule has 2 aliphatic carbocycles. The van der Waals surface area contributed by atoms with E-state index in [-0.39, 0.29) is 28.4 Å². The lowest BCUT2D eigenvalue weighted by Gasteiger charge is -2.47. The van der Waals surface area contributed by atoms with Crippen LogP contribution in [-0.2, 0) is 31.1 Å². The highest BCUT2D eigenvalue weighted by molar-refractivity contribution is 7.99. The van der Waals surface area contributed by atoms with Gasteiger partial charge in [0.1, 0.15) is 5.75 Å². The van der Waals surface area contributed by atoms with Crippen LogP contribution in [0.5, 0.6) is 5.75 Å². The van der Waals surface area contributed by atoms with Gasteiger partial charge in [0.15, 0.2) is 0 Å². The molecule has 1 saturated carbocycles. The van der Waals surface area contributed by atoms with Crippen LogP contribution in [0.1, 0.15) is 86.7 Å². The molecule has 3 aliphatic heterocycles. The van der Waals surface area contributed by atoms with Gasteiger partial charge in [0.25, 0.3) is 5.91 Å². The first-order chi connectivity index (χ1) is 25.5. The van der Waals surface area contributed by atoms with Gasteiger partial charge in [-0.25, -0.2) is 4.21 Å². The number of ether oxygens (including phenoxy) is 2. The molecule has 9 nitrogen and oxygen atoms in total. The Bertz CT molecular complexity index is 1770. The highest BCUT2D eigenvalue weighted by Gasteiger charge is 2.45. The maximum atomic E-state index is 14.0. The molecule has 53 heavy (non-hydrogen) atoms. The number of amides is 2. The molecular formula is C42H59ClN4O5S. The number of benzene rings is 2. The summed E-state index contributed by atoms with van der Waals surface area (Å²) in [4.78, 5) is 33.8. The molecule has 0 aromatic heterocycles. The third kappa shape index (κ3) is 8.26. The van der Waals surface area contributed by atoms with Crippen LogP contribution in [0, 0.1) is 23.7 Å². The van der Waals surface area contributed by atoms with E-state index < -0.39 is 9.71 Å². The van der Waals surface area contributed by atoms with E-state index in [2.05, 4.69) is 39.4 Å². The summed E-state index contributed by atoms with van der Waals surface area (Å²) in [5.41, 5.74) is 3.83. The van der Waals surface area contributed by atoms with Gasteiger partial charge in [-0.05, 0) is 123 Å². The molecular weight excluding hydrogens is 708 g/mol. The smallest absolute Gasteiger partial charge is 0.262 e. The fraction of sp³-hybridized carbons (Fsp3) is 0.643. The van der Waals surface area contributed by atoms with Crippen molar-refractivity contribution in [1.82, 2.24) is 14.5 Å². The van der Waals surface area contributed by atoms with E-state index in [0.29, 0.717) is 49.5 Å². The van der Waals surface area contributed by atoms with Gasteiger partial charge in [0, 0.05) is 80.6 Å². The molecule has 1 spiro atoms. The van der Waals surface area contributed by atoms with Crippen LogP contribution >= 0.6 is 11.6 Å². The predicted molar refractivity (Wildman–Crippen MR) is 215 cm³/mol. The largest absolute Gasteiger partial charge is 0.490 e. The average molecular weight is 767 g/mol. The van der Waals surface area contributed by atoms with Gasteiger partial charge in [-0.3, -0.25) is 14.3 Å². The maximum Gasteiger partial charge on any atom is 0.262 e. The van der Waals surface area contributed by atoms with Gasteiger partial charge in [0.05, 0.1) is 28.6 Å². The van der Waals surface area contributed by atoms with Crippen molar-refractivity contribution in [2.24, 2.45) is 23.7 Å². The Morgan fingerprint density at radius 3 is 2.68 bits per heavy atom. The van der Waals surface area contributed by atoms with Crippen molar-refractivity contribution in [3.63, 3.8) is 0 Å². The number of hydrogen-bond donors (Lipinski definition) is 1. The Kier molecular flexibility index (Phi) is 11.7. The van der Waals surface area contributed by atoms with Crippen LogP contribution in [0.15, 0.2) is 36.4 Å². The zero-order chi connectivity index (χ0) is 37.3. The molecule has 3 heterocycles. The maximum absolute atomic E-state index is 14.0. The minimum atomic E-state index is -2.91. The summed E-state index contributed by atoms with van der Waals surface area (Å²) in [5, 5.41) is 0.495. The lowest BCUT2D eigenvalue weighted by Crippen LogP contribution is -2.50. The molecule has 2 fully saturated rings. The number of carbonyl (C=O) groups is 2. The number of nitrogens with zero attached hydrogens (tertiary/aromatic N) is 3. The van der Waals surface area contributed by atoms with Gasteiger partial charge in [-0.15, -0.1) is 0 Å². The Labute approximate surface area is 322 Å². The zero-order valence-electron chi connectivity index (χ0n) is 32.0. The molecule has 1 unspecified atom stereocenters. The first-order valence-corrected chi connectivity index (χ1v) is 22.1. The molecule has 2 aromatic rings. The summed E-state index contributed by atoms with van der Waals surface area (Å²) in [5.74, 6) is 6.43. The summed E-state index contributed by atoms with van der Waals surface area (Å²) >= 11 is 6.51. The van der Waals surface area contributed by atoms with E-state index >= 15 is 0 Å². The second-order valence-electron chi connectivity index (χ2n) is 16.7. The van der Waals surface area contributed by atoms with E-state index in [1.165, 1.54) is 24.0 Å². The van der Waals surface area contributed by atoms with Crippen molar-refractivity contribution in [2.45, 2.75) is 82.3 Å². The van der Waals surface area contributed by atoms with Crippen molar-refractivity contribution >= 4 is 44.7 Å². The second kappa shape index (κ2) is 16.1. The van der Waals surface area contributed by atoms with Crippen LogP contribution in [0.2, 0.25) is 5.02 Å². The fourth-order valence-corrected chi connectivity index (χ4v) is 11.6. The van der Waals surface area contributed by atoms with Gasteiger partial charge in [0.2, 0.25) is 5.91 Å². The lowest BCUT2D eigenvalue weighted by atomic mass is 9.65. The number of anilines is 1. The molecule has 1 saturated heterocycles. The fourth-order valence-electron chi connectivity index (χ4n) is 9.90. The van der Waals surface area contributed by atoms with Crippen molar-refractivity contribution in [3.05, 3.63) is 58.1 Å². The minimum absolute atomic E-state index is 0.136. The molecule has 11 heteroatoms.